The molecule has 0 aromatic heterocycles. The van der Waals surface area contributed by atoms with Gasteiger partial charge in [-0.25, -0.2) is 0 Å². The van der Waals surface area contributed by atoms with Gasteiger partial charge in [0.15, 0.2) is 0 Å². The van der Waals surface area contributed by atoms with Crippen molar-refractivity contribution in [2.75, 3.05) is 7.11 Å². The van der Waals surface area contributed by atoms with E-state index in [4.69, 9.17) is 4.74 Å². The fraction of sp³-hybridized carbons (Fsp3) is 0.667. The number of para-hydroxylation sites is 1. The molecule has 0 spiro atoms. The van der Waals surface area contributed by atoms with Gasteiger partial charge in [-0.15, -0.1) is 0 Å². The van der Waals surface area contributed by atoms with Gasteiger partial charge in [0, 0.05) is 12.1 Å². The Bertz CT molecular complexity index is 375. The van der Waals surface area contributed by atoms with Crippen LogP contribution in [0.3, 0.4) is 0 Å². The van der Waals surface area contributed by atoms with E-state index in [-0.39, 0.29) is 0 Å². The lowest BCUT2D eigenvalue weighted by atomic mass is 10.0. The zero-order chi connectivity index (χ0) is 15.0. The van der Waals surface area contributed by atoms with Gasteiger partial charge in [-0.05, 0) is 44.2 Å². The molecular formula is C18H31NO. The van der Waals surface area contributed by atoms with Crippen LogP contribution >= 0.6 is 0 Å². The predicted octanol–water partition coefficient (Wildman–Crippen LogP) is 4.43. The standard InChI is InChI=1S/C18H31NO/c1-14(2)9-8-10-15(3)19-16(4)13-17-11-6-7-12-18(17)20-5/h6-7,11-12,14-16,19H,8-10,13H2,1-5H3. The Balaban J connectivity index is 2.37. The van der Waals surface area contributed by atoms with Crippen molar-refractivity contribution in [2.24, 2.45) is 5.92 Å². The molecule has 0 amide bonds. The summed E-state index contributed by atoms with van der Waals surface area (Å²) in [5.74, 6) is 1.81. The Hall–Kier alpha value is -1.02. The number of nitrogens with one attached hydrogen (secondary N) is 1. The molecule has 0 aliphatic rings. The molecule has 0 bridgehead atoms. The Labute approximate surface area is 124 Å². The number of benzene rings is 1. The van der Waals surface area contributed by atoms with Gasteiger partial charge in [0.05, 0.1) is 7.11 Å². The molecule has 0 heterocycles. The number of hydrogen-bond donors (Lipinski definition) is 1. The van der Waals surface area contributed by atoms with Crippen LogP contribution in [0.15, 0.2) is 24.3 Å². The molecule has 0 saturated carbocycles. The van der Waals surface area contributed by atoms with E-state index in [0.29, 0.717) is 12.1 Å². The van der Waals surface area contributed by atoms with E-state index in [0.717, 1.165) is 18.1 Å². The normalized spacial score (nSPS) is 14.3. The molecule has 1 aromatic carbocycles. The van der Waals surface area contributed by atoms with E-state index < -0.39 is 0 Å². The first-order valence-electron chi connectivity index (χ1n) is 7.90. The van der Waals surface area contributed by atoms with E-state index in [1.54, 1.807) is 7.11 Å². The van der Waals surface area contributed by atoms with Crippen LogP contribution in [-0.4, -0.2) is 19.2 Å². The van der Waals surface area contributed by atoms with Crippen LogP contribution < -0.4 is 10.1 Å². The van der Waals surface area contributed by atoms with Gasteiger partial charge in [-0.3, -0.25) is 0 Å². The molecule has 0 radical (unpaired) electrons. The van der Waals surface area contributed by atoms with Gasteiger partial charge in [-0.2, -0.15) is 0 Å². The Morgan fingerprint density at radius 3 is 2.35 bits per heavy atom. The molecule has 1 aromatic rings. The van der Waals surface area contributed by atoms with Crippen molar-refractivity contribution < 1.29 is 4.74 Å². The molecule has 2 atom stereocenters. The number of ether oxygens (including phenoxy) is 1. The highest BCUT2D eigenvalue weighted by Gasteiger charge is 2.10. The van der Waals surface area contributed by atoms with Crippen molar-refractivity contribution in [3.8, 4) is 5.75 Å². The summed E-state index contributed by atoms with van der Waals surface area (Å²) in [5, 5.41) is 3.70. The third-order valence-electron chi connectivity index (χ3n) is 3.71. The van der Waals surface area contributed by atoms with Gasteiger partial charge < -0.3 is 10.1 Å². The lowest BCUT2D eigenvalue weighted by Crippen LogP contribution is -2.35. The molecule has 2 nitrogen and oxygen atoms in total. The van der Waals surface area contributed by atoms with Crippen LogP contribution in [0, 0.1) is 5.92 Å². The maximum absolute atomic E-state index is 5.41. The summed E-state index contributed by atoms with van der Waals surface area (Å²) in [6.45, 7) is 9.13. The van der Waals surface area contributed by atoms with Gasteiger partial charge in [0.1, 0.15) is 5.75 Å². The molecule has 0 aliphatic heterocycles. The zero-order valence-corrected chi connectivity index (χ0v) is 13.8. The van der Waals surface area contributed by atoms with Crippen LogP contribution in [0.5, 0.6) is 5.75 Å². The smallest absolute Gasteiger partial charge is 0.122 e. The molecule has 2 unspecified atom stereocenters. The van der Waals surface area contributed by atoms with Crippen molar-refractivity contribution in [1.29, 1.82) is 0 Å². The van der Waals surface area contributed by atoms with E-state index in [9.17, 15) is 0 Å². The molecule has 20 heavy (non-hydrogen) atoms. The summed E-state index contributed by atoms with van der Waals surface area (Å²) in [4.78, 5) is 0. The summed E-state index contributed by atoms with van der Waals surface area (Å²) in [6, 6.07) is 9.35. The number of hydrogen-bond acceptors (Lipinski definition) is 2. The summed E-state index contributed by atoms with van der Waals surface area (Å²) in [7, 11) is 1.74. The lowest BCUT2D eigenvalue weighted by Gasteiger charge is -2.21. The van der Waals surface area contributed by atoms with Crippen LogP contribution in [0.4, 0.5) is 0 Å². The zero-order valence-electron chi connectivity index (χ0n) is 13.8. The topological polar surface area (TPSA) is 21.3 Å². The second-order valence-electron chi connectivity index (χ2n) is 6.31. The maximum atomic E-state index is 5.41. The van der Waals surface area contributed by atoms with E-state index in [1.165, 1.54) is 24.8 Å². The summed E-state index contributed by atoms with van der Waals surface area (Å²) in [5.41, 5.74) is 1.28. The van der Waals surface area contributed by atoms with E-state index >= 15 is 0 Å². The van der Waals surface area contributed by atoms with Crippen LogP contribution in [0.2, 0.25) is 0 Å². The van der Waals surface area contributed by atoms with Crippen LogP contribution in [-0.2, 0) is 6.42 Å². The minimum atomic E-state index is 0.473. The third-order valence-corrected chi connectivity index (χ3v) is 3.71. The van der Waals surface area contributed by atoms with Gasteiger partial charge in [0.25, 0.3) is 0 Å². The van der Waals surface area contributed by atoms with Crippen molar-refractivity contribution in [1.82, 2.24) is 5.32 Å². The van der Waals surface area contributed by atoms with Gasteiger partial charge >= 0.3 is 0 Å². The first-order valence-corrected chi connectivity index (χ1v) is 7.90. The van der Waals surface area contributed by atoms with Crippen LogP contribution in [0.25, 0.3) is 0 Å². The quantitative estimate of drug-likeness (QED) is 0.721. The first kappa shape index (κ1) is 17.0. The minimum absolute atomic E-state index is 0.473. The Morgan fingerprint density at radius 2 is 1.70 bits per heavy atom. The van der Waals surface area contributed by atoms with Crippen molar-refractivity contribution in [2.45, 2.75) is 65.5 Å². The first-order chi connectivity index (χ1) is 9.52. The SMILES string of the molecule is COc1ccccc1CC(C)NC(C)CCCC(C)C. The molecular weight excluding hydrogens is 246 g/mol. The fourth-order valence-corrected chi connectivity index (χ4v) is 2.66. The lowest BCUT2D eigenvalue weighted by molar-refractivity contribution is 0.395. The monoisotopic (exact) mass is 277 g/mol. The number of rotatable bonds is 9. The average Bonchev–Trinajstić information content (AvgIpc) is 2.38. The highest BCUT2D eigenvalue weighted by Crippen LogP contribution is 2.19. The minimum Gasteiger partial charge on any atom is -0.496 e. The predicted molar refractivity (Wildman–Crippen MR) is 87.4 cm³/mol. The molecule has 114 valence electrons. The molecule has 1 N–H and O–H groups in total. The Kier molecular flexibility index (Phi) is 7.68. The van der Waals surface area contributed by atoms with Crippen molar-refractivity contribution in [3.63, 3.8) is 0 Å². The van der Waals surface area contributed by atoms with Gasteiger partial charge in [0.2, 0.25) is 0 Å². The summed E-state index contributed by atoms with van der Waals surface area (Å²) < 4.78 is 5.41. The molecule has 0 aliphatic carbocycles. The van der Waals surface area contributed by atoms with E-state index in [1.807, 2.05) is 12.1 Å². The molecule has 0 saturated heterocycles. The Morgan fingerprint density at radius 1 is 1.00 bits per heavy atom. The second-order valence-corrected chi connectivity index (χ2v) is 6.31. The van der Waals surface area contributed by atoms with Crippen molar-refractivity contribution >= 4 is 0 Å². The second kappa shape index (κ2) is 9.02. The molecule has 1 rings (SSSR count). The largest absolute Gasteiger partial charge is 0.496 e. The molecule has 0 fully saturated rings. The summed E-state index contributed by atoms with van der Waals surface area (Å²) >= 11 is 0. The average molecular weight is 277 g/mol. The maximum Gasteiger partial charge on any atom is 0.122 e. The molecule has 2 heteroatoms. The number of methoxy groups -OCH3 is 1. The van der Waals surface area contributed by atoms with Crippen LogP contribution in [0.1, 0.15) is 52.5 Å². The van der Waals surface area contributed by atoms with E-state index in [2.05, 4.69) is 45.1 Å². The highest BCUT2D eigenvalue weighted by atomic mass is 16.5. The third kappa shape index (κ3) is 6.42. The highest BCUT2D eigenvalue weighted by molar-refractivity contribution is 5.33. The summed E-state index contributed by atoms with van der Waals surface area (Å²) in [6.07, 6.45) is 4.91. The fourth-order valence-electron chi connectivity index (χ4n) is 2.66. The van der Waals surface area contributed by atoms with Gasteiger partial charge in [-0.1, -0.05) is 44.9 Å². The van der Waals surface area contributed by atoms with Crippen molar-refractivity contribution in [3.05, 3.63) is 29.8 Å².